The van der Waals surface area contributed by atoms with E-state index in [1.165, 1.54) is 4.90 Å². The topological polar surface area (TPSA) is 67.2 Å². The third-order valence-corrected chi connectivity index (χ3v) is 4.86. The molecule has 4 N–H and O–H groups in total. The predicted octanol–water partition coefficient (Wildman–Crippen LogP) is 4.91. The summed E-state index contributed by atoms with van der Waals surface area (Å²) in [5.74, 6) is -0.120. The van der Waals surface area contributed by atoms with E-state index < -0.39 is 0 Å². The second-order valence-corrected chi connectivity index (χ2v) is 6.81. The molecule has 0 saturated heterocycles. The van der Waals surface area contributed by atoms with Crippen LogP contribution in [0.1, 0.15) is 17.3 Å². The van der Waals surface area contributed by atoms with Crippen LogP contribution in [0.2, 0.25) is 0 Å². The van der Waals surface area contributed by atoms with Gasteiger partial charge >= 0.3 is 0 Å². The van der Waals surface area contributed by atoms with Crippen molar-refractivity contribution in [3.05, 3.63) is 78.4 Å². The van der Waals surface area contributed by atoms with Gasteiger partial charge < -0.3 is 16.4 Å². The van der Waals surface area contributed by atoms with Gasteiger partial charge in [0, 0.05) is 21.9 Å². The molecule has 3 aromatic carbocycles. The van der Waals surface area contributed by atoms with Crippen molar-refractivity contribution in [1.82, 2.24) is 5.32 Å². The highest BCUT2D eigenvalue weighted by atomic mass is 32.2. The summed E-state index contributed by atoms with van der Waals surface area (Å²) in [7, 11) is 0. The Morgan fingerprint density at radius 1 is 0.962 bits per heavy atom. The Bertz CT molecular complexity index is 897. The van der Waals surface area contributed by atoms with Crippen LogP contribution in [0, 0.1) is 0 Å². The molecular weight excluding hydrogens is 342 g/mol. The summed E-state index contributed by atoms with van der Waals surface area (Å²) in [6.45, 7) is 2.47. The molecule has 4 nitrogen and oxygen atoms in total. The van der Waals surface area contributed by atoms with Crippen LogP contribution in [0.15, 0.2) is 82.6 Å². The van der Waals surface area contributed by atoms with Crippen molar-refractivity contribution in [2.75, 3.05) is 17.6 Å². The van der Waals surface area contributed by atoms with E-state index in [0.29, 0.717) is 17.8 Å². The van der Waals surface area contributed by atoms with E-state index >= 15 is 0 Å². The van der Waals surface area contributed by atoms with Gasteiger partial charge in [0.15, 0.2) is 0 Å². The molecule has 0 unspecified atom stereocenters. The Hall–Kier alpha value is -2.92. The monoisotopic (exact) mass is 363 g/mol. The second kappa shape index (κ2) is 8.45. The summed E-state index contributed by atoms with van der Waals surface area (Å²) in [6.07, 6.45) is 0. The minimum Gasteiger partial charge on any atom is -0.397 e. The van der Waals surface area contributed by atoms with E-state index in [0.717, 1.165) is 16.3 Å². The van der Waals surface area contributed by atoms with Crippen molar-refractivity contribution < 1.29 is 4.79 Å². The van der Waals surface area contributed by atoms with Gasteiger partial charge in [-0.05, 0) is 49.4 Å². The highest BCUT2D eigenvalue weighted by Crippen LogP contribution is 2.35. The first-order chi connectivity index (χ1) is 12.7. The number of amides is 1. The van der Waals surface area contributed by atoms with Crippen LogP contribution in [0.3, 0.4) is 0 Å². The van der Waals surface area contributed by atoms with Crippen molar-refractivity contribution in [3.63, 3.8) is 0 Å². The lowest BCUT2D eigenvalue weighted by Crippen LogP contribution is -2.22. The van der Waals surface area contributed by atoms with E-state index in [-0.39, 0.29) is 5.91 Å². The summed E-state index contributed by atoms with van der Waals surface area (Å²) in [5, 5.41) is 6.16. The molecule has 0 aliphatic heterocycles. The number of anilines is 3. The normalized spacial score (nSPS) is 10.3. The molecule has 3 rings (SSSR count). The van der Waals surface area contributed by atoms with Gasteiger partial charge in [0.05, 0.1) is 17.1 Å². The van der Waals surface area contributed by atoms with Crippen LogP contribution in [0.4, 0.5) is 17.1 Å². The molecule has 0 aromatic heterocycles. The Morgan fingerprint density at radius 2 is 1.69 bits per heavy atom. The summed E-state index contributed by atoms with van der Waals surface area (Å²) in [5.41, 5.74) is 9.00. The molecule has 1 amide bonds. The average Bonchev–Trinajstić information content (AvgIpc) is 2.66. The number of nitrogen functional groups attached to an aromatic ring is 1. The van der Waals surface area contributed by atoms with E-state index in [9.17, 15) is 4.79 Å². The standard InChI is InChI=1S/C21H21N3OS/c1-2-23-21(25)15-12-13-18(17(22)14-15)24-19-10-6-7-11-20(19)26-16-8-4-3-5-9-16/h3-14,24H,2,22H2,1H3,(H,23,25). The highest BCUT2D eigenvalue weighted by molar-refractivity contribution is 7.99. The minimum atomic E-state index is -0.120. The van der Waals surface area contributed by atoms with Crippen LogP contribution in [-0.2, 0) is 0 Å². The zero-order chi connectivity index (χ0) is 18.4. The number of benzene rings is 3. The molecule has 0 radical (unpaired) electrons. The average molecular weight is 363 g/mol. The summed E-state index contributed by atoms with van der Waals surface area (Å²) in [4.78, 5) is 14.2. The fourth-order valence-electron chi connectivity index (χ4n) is 2.50. The first kappa shape index (κ1) is 17.9. The van der Waals surface area contributed by atoms with Gasteiger partial charge in [0.25, 0.3) is 5.91 Å². The van der Waals surface area contributed by atoms with Crippen molar-refractivity contribution in [1.29, 1.82) is 0 Å². The Labute approximate surface area is 157 Å². The van der Waals surface area contributed by atoms with Gasteiger partial charge in [0.2, 0.25) is 0 Å². The second-order valence-electron chi connectivity index (χ2n) is 5.70. The molecule has 26 heavy (non-hydrogen) atoms. The number of nitrogens with two attached hydrogens (primary N) is 1. The van der Waals surface area contributed by atoms with Crippen molar-refractivity contribution in [3.8, 4) is 0 Å². The van der Waals surface area contributed by atoms with Gasteiger partial charge in [-0.2, -0.15) is 0 Å². The predicted molar refractivity (Wildman–Crippen MR) is 109 cm³/mol. The van der Waals surface area contributed by atoms with Crippen molar-refractivity contribution >= 4 is 34.7 Å². The molecule has 0 heterocycles. The fraction of sp³-hybridized carbons (Fsp3) is 0.0952. The molecule has 0 aliphatic carbocycles. The fourth-order valence-corrected chi connectivity index (χ4v) is 3.42. The number of carbonyl (C=O) groups is 1. The maximum atomic E-state index is 11.9. The molecule has 5 heteroatoms. The smallest absolute Gasteiger partial charge is 0.251 e. The number of nitrogens with one attached hydrogen (secondary N) is 2. The number of para-hydroxylation sites is 1. The van der Waals surface area contributed by atoms with Gasteiger partial charge in [-0.25, -0.2) is 0 Å². The third kappa shape index (κ3) is 4.37. The number of rotatable bonds is 6. The van der Waals surface area contributed by atoms with E-state index in [4.69, 9.17) is 5.73 Å². The molecule has 3 aromatic rings. The summed E-state index contributed by atoms with van der Waals surface area (Å²) >= 11 is 1.69. The van der Waals surface area contributed by atoms with E-state index in [1.54, 1.807) is 23.9 Å². The van der Waals surface area contributed by atoms with Crippen LogP contribution in [0.5, 0.6) is 0 Å². The van der Waals surface area contributed by atoms with Gasteiger partial charge in [-0.1, -0.05) is 42.1 Å². The van der Waals surface area contributed by atoms with Gasteiger partial charge in [0.1, 0.15) is 0 Å². The molecule has 0 bridgehead atoms. The molecule has 0 saturated carbocycles. The number of carbonyl (C=O) groups excluding carboxylic acids is 1. The minimum absolute atomic E-state index is 0.120. The Kier molecular flexibility index (Phi) is 5.81. The van der Waals surface area contributed by atoms with Crippen molar-refractivity contribution in [2.24, 2.45) is 0 Å². The Balaban J connectivity index is 1.82. The van der Waals surface area contributed by atoms with Crippen LogP contribution in [0.25, 0.3) is 0 Å². The van der Waals surface area contributed by atoms with E-state index in [2.05, 4.69) is 28.8 Å². The van der Waals surface area contributed by atoms with Crippen LogP contribution in [-0.4, -0.2) is 12.5 Å². The van der Waals surface area contributed by atoms with E-state index in [1.807, 2.05) is 49.4 Å². The molecule has 0 aliphatic rings. The lowest BCUT2D eigenvalue weighted by molar-refractivity contribution is 0.0956. The lowest BCUT2D eigenvalue weighted by Gasteiger charge is -2.14. The summed E-state index contributed by atoms with van der Waals surface area (Å²) in [6, 6.07) is 23.6. The quantitative estimate of drug-likeness (QED) is 0.544. The maximum Gasteiger partial charge on any atom is 0.251 e. The highest BCUT2D eigenvalue weighted by Gasteiger charge is 2.09. The number of hydrogen-bond donors (Lipinski definition) is 3. The number of hydrogen-bond acceptors (Lipinski definition) is 4. The molecular formula is C21H21N3OS. The molecule has 0 atom stereocenters. The lowest BCUT2D eigenvalue weighted by atomic mass is 10.1. The molecule has 132 valence electrons. The maximum absolute atomic E-state index is 11.9. The summed E-state index contributed by atoms with van der Waals surface area (Å²) < 4.78 is 0. The Morgan fingerprint density at radius 3 is 2.42 bits per heavy atom. The van der Waals surface area contributed by atoms with Crippen molar-refractivity contribution in [2.45, 2.75) is 16.7 Å². The SMILES string of the molecule is CCNC(=O)c1ccc(Nc2ccccc2Sc2ccccc2)c(N)c1. The third-order valence-electron chi connectivity index (χ3n) is 3.78. The largest absolute Gasteiger partial charge is 0.397 e. The van der Waals surface area contributed by atoms with Gasteiger partial charge in [-0.3, -0.25) is 4.79 Å². The zero-order valence-corrected chi connectivity index (χ0v) is 15.3. The molecule has 0 spiro atoms. The first-order valence-corrected chi connectivity index (χ1v) is 9.25. The van der Waals surface area contributed by atoms with Crippen LogP contribution >= 0.6 is 11.8 Å². The van der Waals surface area contributed by atoms with Crippen LogP contribution < -0.4 is 16.4 Å². The van der Waals surface area contributed by atoms with Gasteiger partial charge in [-0.15, -0.1) is 0 Å². The first-order valence-electron chi connectivity index (χ1n) is 8.44. The zero-order valence-electron chi connectivity index (χ0n) is 14.5. The molecule has 0 fully saturated rings.